The topological polar surface area (TPSA) is 38.7 Å². The van der Waals surface area contributed by atoms with Gasteiger partial charge in [-0.05, 0) is 37.2 Å². The van der Waals surface area contributed by atoms with Crippen LogP contribution in [0.25, 0.3) is 0 Å². The maximum absolute atomic E-state index is 9.00. The SMILES string of the molecule is CC1(CC2CCSCC2)OCC(CO)O1. The summed E-state index contributed by atoms with van der Waals surface area (Å²) >= 11 is 2.04. The lowest BCUT2D eigenvalue weighted by atomic mass is 9.94. The van der Waals surface area contributed by atoms with Gasteiger partial charge in [0, 0.05) is 6.42 Å². The van der Waals surface area contributed by atoms with Crippen molar-refractivity contribution < 1.29 is 14.6 Å². The molecule has 2 aliphatic heterocycles. The first-order chi connectivity index (χ1) is 7.22. The zero-order chi connectivity index (χ0) is 10.7. The summed E-state index contributed by atoms with van der Waals surface area (Å²) in [5.41, 5.74) is 0. The predicted molar refractivity (Wildman–Crippen MR) is 61.0 cm³/mol. The minimum atomic E-state index is -0.444. The summed E-state index contributed by atoms with van der Waals surface area (Å²) < 4.78 is 11.4. The van der Waals surface area contributed by atoms with E-state index < -0.39 is 5.79 Å². The molecule has 15 heavy (non-hydrogen) atoms. The molecule has 0 spiro atoms. The molecule has 0 saturated carbocycles. The first-order valence-electron chi connectivity index (χ1n) is 5.72. The molecular formula is C11H20O3S. The summed E-state index contributed by atoms with van der Waals surface area (Å²) in [4.78, 5) is 0. The molecule has 2 saturated heterocycles. The average molecular weight is 232 g/mol. The molecule has 4 heteroatoms. The lowest BCUT2D eigenvalue weighted by Gasteiger charge is -2.30. The third-order valence-electron chi connectivity index (χ3n) is 3.19. The molecule has 0 bridgehead atoms. The highest BCUT2D eigenvalue weighted by Crippen LogP contribution is 2.35. The van der Waals surface area contributed by atoms with Gasteiger partial charge in [-0.25, -0.2) is 0 Å². The molecule has 1 N–H and O–H groups in total. The molecule has 2 rings (SSSR count). The number of hydrogen-bond acceptors (Lipinski definition) is 4. The first-order valence-corrected chi connectivity index (χ1v) is 6.88. The van der Waals surface area contributed by atoms with Crippen LogP contribution >= 0.6 is 11.8 Å². The van der Waals surface area contributed by atoms with Gasteiger partial charge < -0.3 is 14.6 Å². The van der Waals surface area contributed by atoms with Crippen LogP contribution in [0.4, 0.5) is 0 Å². The second-order valence-electron chi connectivity index (χ2n) is 4.63. The fraction of sp³-hybridized carbons (Fsp3) is 1.00. The second-order valence-corrected chi connectivity index (χ2v) is 5.85. The van der Waals surface area contributed by atoms with Crippen molar-refractivity contribution in [1.82, 2.24) is 0 Å². The van der Waals surface area contributed by atoms with Crippen molar-refractivity contribution in [2.45, 2.75) is 38.1 Å². The number of hydrogen-bond donors (Lipinski definition) is 1. The van der Waals surface area contributed by atoms with Crippen LogP contribution in [0.5, 0.6) is 0 Å². The largest absolute Gasteiger partial charge is 0.394 e. The van der Waals surface area contributed by atoms with Gasteiger partial charge in [0.1, 0.15) is 6.10 Å². The zero-order valence-electron chi connectivity index (χ0n) is 9.28. The van der Waals surface area contributed by atoms with Crippen LogP contribution in [-0.2, 0) is 9.47 Å². The predicted octanol–water partition coefficient (Wildman–Crippen LogP) is 1.64. The van der Waals surface area contributed by atoms with Crippen LogP contribution in [0.2, 0.25) is 0 Å². The first kappa shape index (κ1) is 11.7. The van der Waals surface area contributed by atoms with Gasteiger partial charge >= 0.3 is 0 Å². The lowest BCUT2D eigenvalue weighted by molar-refractivity contribution is -0.169. The Kier molecular flexibility index (Phi) is 3.93. The third-order valence-corrected chi connectivity index (χ3v) is 4.24. The van der Waals surface area contributed by atoms with Gasteiger partial charge in [0.15, 0.2) is 5.79 Å². The van der Waals surface area contributed by atoms with Gasteiger partial charge in [-0.15, -0.1) is 0 Å². The number of rotatable bonds is 3. The van der Waals surface area contributed by atoms with Gasteiger partial charge in [0.2, 0.25) is 0 Å². The van der Waals surface area contributed by atoms with E-state index in [0.29, 0.717) is 6.61 Å². The Morgan fingerprint density at radius 1 is 1.40 bits per heavy atom. The molecule has 2 atom stereocenters. The average Bonchev–Trinajstić information content (AvgIpc) is 2.61. The molecule has 0 aromatic rings. The zero-order valence-corrected chi connectivity index (χ0v) is 10.1. The Labute approximate surface area is 95.5 Å². The summed E-state index contributed by atoms with van der Waals surface area (Å²) in [5.74, 6) is 2.82. The molecule has 2 aliphatic rings. The molecule has 2 fully saturated rings. The van der Waals surface area contributed by atoms with E-state index in [1.165, 1.54) is 24.3 Å². The van der Waals surface area contributed by atoms with Crippen molar-refractivity contribution in [3.05, 3.63) is 0 Å². The third kappa shape index (κ3) is 3.09. The summed E-state index contributed by atoms with van der Waals surface area (Å²) in [6.45, 7) is 2.61. The summed E-state index contributed by atoms with van der Waals surface area (Å²) in [7, 11) is 0. The van der Waals surface area contributed by atoms with E-state index >= 15 is 0 Å². The van der Waals surface area contributed by atoms with Crippen molar-refractivity contribution in [2.75, 3.05) is 24.7 Å². The highest BCUT2D eigenvalue weighted by molar-refractivity contribution is 7.99. The van der Waals surface area contributed by atoms with Crippen LogP contribution in [0.1, 0.15) is 26.2 Å². The highest BCUT2D eigenvalue weighted by atomic mass is 32.2. The van der Waals surface area contributed by atoms with Crippen LogP contribution in [0, 0.1) is 5.92 Å². The maximum Gasteiger partial charge on any atom is 0.166 e. The van der Waals surface area contributed by atoms with Crippen molar-refractivity contribution in [2.24, 2.45) is 5.92 Å². The number of aliphatic hydroxyl groups excluding tert-OH is 1. The Morgan fingerprint density at radius 2 is 2.13 bits per heavy atom. The highest BCUT2D eigenvalue weighted by Gasteiger charge is 2.38. The van der Waals surface area contributed by atoms with Crippen LogP contribution in [0.3, 0.4) is 0 Å². The number of thioether (sulfide) groups is 1. The Bertz CT molecular complexity index is 206. The van der Waals surface area contributed by atoms with E-state index in [-0.39, 0.29) is 12.7 Å². The van der Waals surface area contributed by atoms with E-state index in [1.807, 2.05) is 18.7 Å². The monoisotopic (exact) mass is 232 g/mol. The molecule has 88 valence electrons. The molecule has 0 radical (unpaired) electrons. The minimum absolute atomic E-state index is 0.0656. The molecule has 3 nitrogen and oxygen atoms in total. The Balaban J connectivity index is 1.82. The smallest absolute Gasteiger partial charge is 0.166 e. The normalized spacial score (nSPS) is 38.4. The molecule has 0 amide bonds. The molecule has 2 unspecified atom stereocenters. The van der Waals surface area contributed by atoms with E-state index in [1.54, 1.807) is 0 Å². The van der Waals surface area contributed by atoms with Gasteiger partial charge in [-0.2, -0.15) is 11.8 Å². The molecule has 2 heterocycles. The van der Waals surface area contributed by atoms with Crippen LogP contribution < -0.4 is 0 Å². The van der Waals surface area contributed by atoms with E-state index in [2.05, 4.69) is 0 Å². The molecular weight excluding hydrogens is 212 g/mol. The van der Waals surface area contributed by atoms with Crippen molar-refractivity contribution >= 4 is 11.8 Å². The van der Waals surface area contributed by atoms with E-state index in [4.69, 9.17) is 14.6 Å². The Hall–Kier alpha value is 0.230. The van der Waals surface area contributed by atoms with Gasteiger partial charge in [0.05, 0.1) is 13.2 Å². The van der Waals surface area contributed by atoms with Gasteiger partial charge in [-0.3, -0.25) is 0 Å². The van der Waals surface area contributed by atoms with E-state index in [9.17, 15) is 0 Å². The number of ether oxygens (including phenoxy) is 2. The van der Waals surface area contributed by atoms with Gasteiger partial charge in [-0.1, -0.05) is 0 Å². The Morgan fingerprint density at radius 3 is 2.73 bits per heavy atom. The van der Waals surface area contributed by atoms with Crippen LogP contribution in [0.15, 0.2) is 0 Å². The van der Waals surface area contributed by atoms with Gasteiger partial charge in [0.25, 0.3) is 0 Å². The van der Waals surface area contributed by atoms with Crippen molar-refractivity contribution in [3.8, 4) is 0 Å². The lowest BCUT2D eigenvalue weighted by Crippen LogP contribution is -2.31. The molecule has 0 aliphatic carbocycles. The fourth-order valence-corrected chi connectivity index (χ4v) is 3.57. The quantitative estimate of drug-likeness (QED) is 0.803. The minimum Gasteiger partial charge on any atom is -0.394 e. The number of aliphatic hydroxyl groups is 1. The standard InChI is InChI=1S/C11H20O3S/c1-11(13-8-10(7-12)14-11)6-9-2-4-15-5-3-9/h9-10,12H,2-8H2,1H3. The fourth-order valence-electron chi connectivity index (χ4n) is 2.36. The summed E-state index contributed by atoms with van der Waals surface area (Å²) in [6.07, 6.45) is 3.41. The van der Waals surface area contributed by atoms with E-state index in [0.717, 1.165) is 12.3 Å². The summed E-state index contributed by atoms with van der Waals surface area (Å²) in [6, 6.07) is 0. The molecule has 0 aromatic heterocycles. The molecule has 0 aromatic carbocycles. The second kappa shape index (κ2) is 5.04. The van der Waals surface area contributed by atoms with Crippen molar-refractivity contribution in [1.29, 1.82) is 0 Å². The van der Waals surface area contributed by atoms with Crippen molar-refractivity contribution in [3.63, 3.8) is 0 Å². The summed E-state index contributed by atoms with van der Waals surface area (Å²) in [5, 5.41) is 9.00. The maximum atomic E-state index is 9.00. The van der Waals surface area contributed by atoms with Crippen LogP contribution in [-0.4, -0.2) is 41.7 Å².